The Balaban J connectivity index is 2.25. The molecule has 0 fully saturated rings. The molecule has 0 aliphatic rings. The molecule has 0 saturated heterocycles. The maximum atomic E-state index is 10.7. The molecule has 1 rings (SSSR count). The Morgan fingerprint density at radius 3 is 2.10 bits per heavy atom. The molecule has 0 aromatic heterocycles. The quantitative estimate of drug-likeness (QED) is 0.481. The molecule has 2 nitrogen and oxygen atoms in total. The van der Waals surface area contributed by atoms with Gasteiger partial charge < -0.3 is 9.90 Å². The third-order valence-electron chi connectivity index (χ3n) is 3.62. The Labute approximate surface area is 122 Å². The van der Waals surface area contributed by atoms with Crippen LogP contribution in [0.3, 0.4) is 0 Å². The molecular weight excluding hydrogens is 248 g/mol. The van der Waals surface area contributed by atoms with Gasteiger partial charge in [-0.25, -0.2) is 0 Å². The lowest BCUT2D eigenvalue weighted by atomic mass is 10.0. The number of carbonyl (C=O) groups excluding carboxylic acids is 1. The highest BCUT2D eigenvalue weighted by Gasteiger charge is 2.00. The first-order chi connectivity index (χ1) is 9.65. The zero-order valence-electron chi connectivity index (χ0n) is 12.5. The van der Waals surface area contributed by atoms with Gasteiger partial charge in [-0.15, -0.1) is 0 Å². The average Bonchev–Trinajstić information content (AvgIpc) is 2.46. The van der Waals surface area contributed by atoms with Gasteiger partial charge in [0, 0.05) is 0 Å². The third-order valence-corrected chi connectivity index (χ3v) is 3.62. The minimum Gasteiger partial charge on any atom is -0.545 e. The summed E-state index contributed by atoms with van der Waals surface area (Å²) >= 11 is 0. The Morgan fingerprint density at radius 1 is 1.00 bits per heavy atom. The van der Waals surface area contributed by atoms with Crippen molar-refractivity contribution in [3.63, 3.8) is 0 Å². The number of hydrogen-bond donors (Lipinski definition) is 0. The maximum Gasteiger partial charge on any atom is 0.0715 e. The molecule has 0 heterocycles. The van der Waals surface area contributed by atoms with Crippen LogP contribution in [-0.2, 0) is 11.2 Å². The van der Waals surface area contributed by atoms with Crippen molar-refractivity contribution < 1.29 is 9.90 Å². The molecule has 0 saturated carbocycles. The van der Waals surface area contributed by atoms with Crippen molar-refractivity contribution in [2.45, 2.75) is 58.3 Å². The summed E-state index contributed by atoms with van der Waals surface area (Å²) < 4.78 is 0. The van der Waals surface area contributed by atoms with E-state index >= 15 is 0 Å². The van der Waals surface area contributed by atoms with E-state index in [0.717, 1.165) is 6.42 Å². The van der Waals surface area contributed by atoms with Gasteiger partial charge >= 0.3 is 0 Å². The fourth-order valence-corrected chi connectivity index (χ4v) is 2.28. The standard InChI is InChI=1S/C18H26O2/c1-3-4-5-6-7-8-9-10-16-11-13-17(14-12-16)15(2)18(19)20/h11-14H,2-10H2,1H3,(H,19,20)/p-1. The molecule has 0 spiro atoms. The summed E-state index contributed by atoms with van der Waals surface area (Å²) in [6, 6.07) is 7.60. The van der Waals surface area contributed by atoms with Crippen LogP contribution >= 0.6 is 0 Å². The number of aliphatic carboxylic acids is 1. The predicted molar refractivity (Wildman–Crippen MR) is 82.2 cm³/mol. The summed E-state index contributed by atoms with van der Waals surface area (Å²) in [6.45, 7) is 5.74. The van der Waals surface area contributed by atoms with Crippen molar-refractivity contribution in [3.05, 3.63) is 42.0 Å². The van der Waals surface area contributed by atoms with Gasteiger partial charge in [0.05, 0.1) is 5.97 Å². The van der Waals surface area contributed by atoms with Crippen LogP contribution in [0.2, 0.25) is 0 Å². The van der Waals surface area contributed by atoms with E-state index in [1.165, 1.54) is 50.5 Å². The summed E-state index contributed by atoms with van der Waals surface area (Å²) in [5.41, 5.74) is 1.94. The van der Waals surface area contributed by atoms with E-state index in [1.807, 2.05) is 24.3 Å². The molecule has 0 radical (unpaired) electrons. The lowest BCUT2D eigenvalue weighted by Crippen LogP contribution is -2.22. The van der Waals surface area contributed by atoms with E-state index in [9.17, 15) is 9.90 Å². The van der Waals surface area contributed by atoms with Crippen molar-refractivity contribution in [3.8, 4) is 0 Å². The largest absolute Gasteiger partial charge is 0.545 e. The van der Waals surface area contributed by atoms with Gasteiger partial charge in [0.1, 0.15) is 0 Å². The van der Waals surface area contributed by atoms with Crippen LogP contribution in [0.25, 0.3) is 5.57 Å². The number of carboxylic acids is 1. The second-order valence-electron chi connectivity index (χ2n) is 5.33. The Hall–Kier alpha value is -1.57. The minimum atomic E-state index is -1.20. The van der Waals surface area contributed by atoms with Crippen molar-refractivity contribution in [1.29, 1.82) is 0 Å². The molecule has 2 heteroatoms. The normalized spacial score (nSPS) is 10.4. The highest BCUT2D eigenvalue weighted by atomic mass is 16.4. The van der Waals surface area contributed by atoms with E-state index < -0.39 is 5.97 Å². The van der Waals surface area contributed by atoms with E-state index in [4.69, 9.17) is 0 Å². The van der Waals surface area contributed by atoms with Gasteiger partial charge in [0.15, 0.2) is 0 Å². The molecule has 0 amide bonds. The van der Waals surface area contributed by atoms with Gasteiger partial charge in [0.25, 0.3) is 0 Å². The van der Waals surface area contributed by atoms with Gasteiger partial charge in [0.2, 0.25) is 0 Å². The molecule has 0 unspecified atom stereocenters. The van der Waals surface area contributed by atoms with Gasteiger partial charge in [-0.3, -0.25) is 0 Å². The summed E-state index contributed by atoms with van der Waals surface area (Å²) in [5.74, 6) is -1.20. The number of unbranched alkanes of at least 4 members (excludes halogenated alkanes) is 6. The van der Waals surface area contributed by atoms with Crippen LogP contribution in [0.15, 0.2) is 30.8 Å². The Kier molecular flexibility index (Phi) is 7.71. The van der Waals surface area contributed by atoms with Crippen LogP contribution in [0.4, 0.5) is 0 Å². The summed E-state index contributed by atoms with van der Waals surface area (Å²) in [7, 11) is 0. The smallest absolute Gasteiger partial charge is 0.0715 e. The van der Waals surface area contributed by atoms with Crippen LogP contribution in [0.5, 0.6) is 0 Å². The van der Waals surface area contributed by atoms with Crippen LogP contribution in [0.1, 0.15) is 63.0 Å². The monoisotopic (exact) mass is 273 g/mol. The summed E-state index contributed by atoms with van der Waals surface area (Å²) in [5, 5.41) is 10.7. The number of carboxylic acid groups (broad SMARTS) is 1. The third kappa shape index (κ3) is 6.05. The highest BCUT2D eigenvalue weighted by Crippen LogP contribution is 2.15. The van der Waals surface area contributed by atoms with Crippen LogP contribution in [0, 0.1) is 0 Å². The molecule has 0 N–H and O–H groups in total. The highest BCUT2D eigenvalue weighted by molar-refractivity contribution is 6.13. The lowest BCUT2D eigenvalue weighted by molar-refractivity contribution is -0.295. The SMILES string of the molecule is C=C(C(=O)[O-])c1ccc(CCCCCCCCC)cc1. The Bertz CT molecular complexity index is 418. The molecule has 0 atom stereocenters. The van der Waals surface area contributed by atoms with Crippen LogP contribution < -0.4 is 5.11 Å². The number of rotatable bonds is 10. The number of aryl methyl sites for hydroxylation is 1. The second kappa shape index (κ2) is 9.35. The Morgan fingerprint density at radius 2 is 1.55 bits per heavy atom. The predicted octanol–water partition coefficient (Wildman–Crippen LogP) is 3.74. The summed E-state index contributed by atoms with van der Waals surface area (Å²) in [6.07, 6.45) is 10.2. The minimum absolute atomic E-state index is 0.0486. The van der Waals surface area contributed by atoms with E-state index in [2.05, 4.69) is 13.5 Å². The van der Waals surface area contributed by atoms with E-state index in [-0.39, 0.29) is 5.57 Å². The molecule has 0 bridgehead atoms. The summed E-state index contributed by atoms with van der Waals surface area (Å²) in [4.78, 5) is 10.7. The molecule has 1 aromatic rings. The molecule has 110 valence electrons. The van der Waals surface area contributed by atoms with Crippen LogP contribution in [-0.4, -0.2) is 5.97 Å². The van der Waals surface area contributed by atoms with E-state index in [1.54, 1.807) is 0 Å². The first kappa shape index (κ1) is 16.5. The molecule has 0 aliphatic carbocycles. The molecule has 1 aromatic carbocycles. The number of benzene rings is 1. The average molecular weight is 273 g/mol. The van der Waals surface area contributed by atoms with Crippen molar-refractivity contribution in [1.82, 2.24) is 0 Å². The van der Waals surface area contributed by atoms with Crippen molar-refractivity contribution in [2.24, 2.45) is 0 Å². The number of carbonyl (C=O) groups is 1. The fraction of sp³-hybridized carbons (Fsp3) is 0.500. The zero-order valence-corrected chi connectivity index (χ0v) is 12.5. The van der Waals surface area contributed by atoms with Crippen molar-refractivity contribution in [2.75, 3.05) is 0 Å². The first-order valence-corrected chi connectivity index (χ1v) is 7.64. The molecule has 0 aliphatic heterocycles. The van der Waals surface area contributed by atoms with Gasteiger partial charge in [-0.05, 0) is 29.5 Å². The zero-order chi connectivity index (χ0) is 14.8. The fourth-order valence-electron chi connectivity index (χ4n) is 2.28. The van der Waals surface area contributed by atoms with Gasteiger partial charge in [-0.2, -0.15) is 0 Å². The van der Waals surface area contributed by atoms with E-state index in [0.29, 0.717) is 5.56 Å². The molecular formula is C18H25O2-. The number of hydrogen-bond acceptors (Lipinski definition) is 2. The van der Waals surface area contributed by atoms with Crippen molar-refractivity contribution >= 4 is 11.5 Å². The van der Waals surface area contributed by atoms with Gasteiger partial charge in [-0.1, -0.05) is 76.3 Å². The lowest BCUT2D eigenvalue weighted by Gasteiger charge is -2.08. The second-order valence-corrected chi connectivity index (χ2v) is 5.33. The molecule has 20 heavy (non-hydrogen) atoms. The first-order valence-electron chi connectivity index (χ1n) is 7.64. The topological polar surface area (TPSA) is 40.1 Å². The maximum absolute atomic E-state index is 10.7.